The molecule has 1 heterocycles. The molecule has 0 saturated carbocycles. The highest BCUT2D eigenvalue weighted by atomic mass is 35.5. The number of nitrogens with zero attached hydrogens (tertiary/aromatic N) is 2. The van der Waals surface area contributed by atoms with Gasteiger partial charge in [0.15, 0.2) is 0 Å². The third-order valence-electron chi connectivity index (χ3n) is 3.48. The van der Waals surface area contributed by atoms with E-state index in [4.69, 9.17) is 22.3 Å². The number of nitrogens with two attached hydrogens (primary N) is 1. The van der Waals surface area contributed by atoms with Crippen molar-refractivity contribution in [2.75, 3.05) is 6.54 Å². The van der Waals surface area contributed by atoms with Gasteiger partial charge in [0, 0.05) is 23.5 Å². The highest BCUT2D eigenvalue weighted by Gasteiger charge is 2.20. The summed E-state index contributed by atoms with van der Waals surface area (Å²) in [7, 11) is 0. The number of halogens is 1. The largest absolute Gasteiger partial charge is 0.330 e. The van der Waals surface area contributed by atoms with Crippen LogP contribution in [0.15, 0.2) is 18.2 Å². The summed E-state index contributed by atoms with van der Waals surface area (Å²) in [4.78, 5) is 4.78. The summed E-state index contributed by atoms with van der Waals surface area (Å²) in [5.74, 6) is 1.41. The van der Waals surface area contributed by atoms with Crippen LogP contribution in [0.4, 0.5) is 0 Å². The van der Waals surface area contributed by atoms with Crippen LogP contribution >= 0.6 is 11.6 Å². The number of benzene rings is 1. The molecule has 2 aromatic rings. The third kappa shape index (κ3) is 2.77. The molecule has 1 aromatic carbocycles. The van der Waals surface area contributed by atoms with Gasteiger partial charge in [-0.05, 0) is 38.5 Å². The van der Waals surface area contributed by atoms with Crippen LogP contribution in [0, 0.1) is 0 Å². The smallest absolute Gasteiger partial charge is 0.114 e. The highest BCUT2D eigenvalue weighted by Crippen LogP contribution is 2.29. The summed E-state index contributed by atoms with van der Waals surface area (Å²) in [6.07, 6.45) is 2.18. The summed E-state index contributed by atoms with van der Waals surface area (Å²) >= 11 is 6.06. The molecule has 0 fully saturated rings. The van der Waals surface area contributed by atoms with Gasteiger partial charge in [-0.15, -0.1) is 0 Å². The minimum Gasteiger partial charge on any atom is -0.330 e. The van der Waals surface area contributed by atoms with Crippen LogP contribution in [0.25, 0.3) is 11.0 Å². The van der Waals surface area contributed by atoms with E-state index in [-0.39, 0.29) is 0 Å². The van der Waals surface area contributed by atoms with Crippen molar-refractivity contribution in [3.8, 4) is 0 Å². The second-order valence-electron chi connectivity index (χ2n) is 5.29. The molecule has 0 aliphatic carbocycles. The zero-order valence-corrected chi connectivity index (χ0v) is 12.6. The maximum absolute atomic E-state index is 6.06. The monoisotopic (exact) mass is 279 g/mol. The van der Waals surface area contributed by atoms with Crippen molar-refractivity contribution in [2.45, 2.75) is 45.6 Å². The lowest BCUT2D eigenvalue weighted by Gasteiger charge is -2.19. The van der Waals surface area contributed by atoms with Crippen molar-refractivity contribution in [1.29, 1.82) is 0 Å². The van der Waals surface area contributed by atoms with Gasteiger partial charge < -0.3 is 10.3 Å². The van der Waals surface area contributed by atoms with Crippen LogP contribution in [0.1, 0.15) is 51.4 Å². The number of hydrogen-bond donors (Lipinski definition) is 1. The molecule has 1 unspecified atom stereocenters. The quantitative estimate of drug-likeness (QED) is 0.895. The summed E-state index contributed by atoms with van der Waals surface area (Å²) in [6, 6.07) is 6.27. The Labute approximate surface area is 119 Å². The fraction of sp³-hybridized carbons (Fsp3) is 0.533. The molecule has 0 spiro atoms. The fourth-order valence-corrected chi connectivity index (χ4v) is 2.79. The van der Waals surface area contributed by atoms with Crippen LogP contribution in [0.5, 0.6) is 0 Å². The van der Waals surface area contributed by atoms with E-state index in [1.54, 1.807) is 0 Å². The van der Waals surface area contributed by atoms with E-state index >= 15 is 0 Å². The molecule has 1 aromatic heterocycles. The van der Waals surface area contributed by atoms with E-state index in [2.05, 4.69) is 25.3 Å². The molecule has 1 atom stereocenters. The van der Waals surface area contributed by atoms with Gasteiger partial charge >= 0.3 is 0 Å². The minimum absolute atomic E-state index is 0.318. The normalized spacial score (nSPS) is 13.4. The van der Waals surface area contributed by atoms with E-state index in [9.17, 15) is 0 Å². The number of imidazole rings is 1. The number of hydrogen-bond acceptors (Lipinski definition) is 2. The molecule has 0 amide bonds. The first-order valence-electron chi connectivity index (χ1n) is 6.95. The van der Waals surface area contributed by atoms with Gasteiger partial charge in [-0.25, -0.2) is 4.98 Å². The average Bonchev–Trinajstić information content (AvgIpc) is 2.73. The lowest BCUT2D eigenvalue weighted by atomic mass is 10.0. The second kappa shape index (κ2) is 5.93. The predicted molar refractivity (Wildman–Crippen MR) is 81.8 cm³/mol. The highest BCUT2D eigenvalue weighted by molar-refractivity contribution is 6.31. The maximum Gasteiger partial charge on any atom is 0.114 e. The zero-order valence-electron chi connectivity index (χ0n) is 11.9. The van der Waals surface area contributed by atoms with Gasteiger partial charge in [-0.3, -0.25) is 0 Å². The van der Waals surface area contributed by atoms with Crippen LogP contribution < -0.4 is 5.73 Å². The van der Waals surface area contributed by atoms with E-state index < -0.39 is 0 Å². The Morgan fingerprint density at radius 2 is 2.11 bits per heavy atom. The van der Waals surface area contributed by atoms with Crippen molar-refractivity contribution < 1.29 is 0 Å². The molecular formula is C15H22ClN3. The number of fused-ring (bicyclic) bond motifs is 1. The first kappa shape index (κ1) is 14.4. The molecule has 2 N–H and O–H groups in total. The Balaban J connectivity index is 2.61. The molecule has 104 valence electrons. The molecule has 0 saturated heterocycles. The van der Waals surface area contributed by atoms with Crippen molar-refractivity contribution in [2.24, 2.45) is 5.73 Å². The van der Waals surface area contributed by atoms with Crippen molar-refractivity contribution >= 4 is 22.6 Å². The summed E-state index contributed by atoms with van der Waals surface area (Å²) in [6.45, 7) is 7.18. The van der Waals surface area contributed by atoms with Crippen molar-refractivity contribution in [3.63, 3.8) is 0 Å². The molecule has 0 radical (unpaired) electrons. The Morgan fingerprint density at radius 1 is 1.37 bits per heavy atom. The first-order chi connectivity index (χ1) is 9.08. The van der Waals surface area contributed by atoms with E-state index in [1.807, 2.05) is 18.2 Å². The zero-order chi connectivity index (χ0) is 14.0. The van der Waals surface area contributed by atoms with E-state index in [0.717, 1.165) is 34.7 Å². The molecule has 0 aliphatic heterocycles. The molecule has 3 nitrogen and oxygen atoms in total. The Bertz CT molecular complexity index is 560. The Morgan fingerprint density at radius 3 is 2.68 bits per heavy atom. The van der Waals surface area contributed by atoms with Crippen molar-refractivity contribution in [3.05, 3.63) is 29.0 Å². The third-order valence-corrected chi connectivity index (χ3v) is 3.72. The maximum atomic E-state index is 6.06. The lowest BCUT2D eigenvalue weighted by Crippen LogP contribution is -2.18. The predicted octanol–water partition coefficient (Wildman–Crippen LogP) is 4.11. The fourth-order valence-electron chi connectivity index (χ4n) is 2.62. The van der Waals surface area contributed by atoms with Crippen LogP contribution in [-0.2, 0) is 0 Å². The van der Waals surface area contributed by atoms with Gasteiger partial charge in [-0.2, -0.15) is 0 Å². The average molecular weight is 280 g/mol. The summed E-state index contributed by atoms with van der Waals surface area (Å²) in [5.41, 5.74) is 8.04. The second-order valence-corrected chi connectivity index (χ2v) is 5.72. The van der Waals surface area contributed by atoms with Gasteiger partial charge in [0.1, 0.15) is 5.82 Å². The molecular weight excluding hydrogens is 258 g/mol. The standard InChI is InChI=1S/C15H22ClN3/c1-4-5-11(9-17)15-18-13-8-12(16)6-7-14(13)19(15)10(2)3/h6-8,10-11H,4-5,9,17H2,1-3H3. The van der Waals surface area contributed by atoms with Gasteiger partial charge in [-0.1, -0.05) is 24.9 Å². The molecule has 0 aliphatic rings. The first-order valence-corrected chi connectivity index (χ1v) is 7.33. The number of aromatic nitrogens is 2. The van der Waals surface area contributed by atoms with Crippen LogP contribution in [0.2, 0.25) is 5.02 Å². The SMILES string of the molecule is CCCC(CN)c1nc2cc(Cl)ccc2n1C(C)C. The summed E-state index contributed by atoms with van der Waals surface area (Å²) in [5, 5.41) is 0.729. The van der Waals surface area contributed by atoms with E-state index in [0.29, 0.717) is 18.5 Å². The van der Waals surface area contributed by atoms with E-state index in [1.165, 1.54) is 0 Å². The van der Waals surface area contributed by atoms with Crippen LogP contribution in [-0.4, -0.2) is 16.1 Å². The Hall–Kier alpha value is -1.06. The summed E-state index contributed by atoms with van der Waals surface area (Å²) < 4.78 is 2.29. The van der Waals surface area contributed by atoms with Gasteiger partial charge in [0.2, 0.25) is 0 Å². The number of rotatable bonds is 5. The van der Waals surface area contributed by atoms with Gasteiger partial charge in [0.25, 0.3) is 0 Å². The van der Waals surface area contributed by atoms with Gasteiger partial charge in [0.05, 0.1) is 11.0 Å². The van der Waals surface area contributed by atoms with Crippen LogP contribution in [0.3, 0.4) is 0 Å². The molecule has 0 bridgehead atoms. The molecule has 2 rings (SSSR count). The topological polar surface area (TPSA) is 43.8 Å². The Kier molecular flexibility index (Phi) is 4.48. The van der Waals surface area contributed by atoms with Crippen molar-refractivity contribution in [1.82, 2.24) is 9.55 Å². The molecule has 19 heavy (non-hydrogen) atoms. The minimum atomic E-state index is 0.318. The molecule has 4 heteroatoms. The lowest BCUT2D eigenvalue weighted by molar-refractivity contribution is 0.515.